The molecule has 0 spiro atoms. The van der Waals surface area contributed by atoms with Crippen LogP contribution in [0.3, 0.4) is 0 Å². The Bertz CT molecular complexity index is 1310. The molecule has 0 amide bonds. The average Bonchev–Trinajstić information content (AvgIpc) is 3.11. The fraction of sp³-hybridized carbons (Fsp3) is 0.182. The molecule has 0 aliphatic rings. The largest absolute Gasteiger partial charge is 0.330 e. The molecule has 5 nitrogen and oxygen atoms in total. The van der Waals surface area contributed by atoms with Crippen molar-refractivity contribution in [3.8, 4) is 16.9 Å². The van der Waals surface area contributed by atoms with Gasteiger partial charge in [-0.2, -0.15) is 0 Å². The van der Waals surface area contributed by atoms with Crippen molar-refractivity contribution < 1.29 is 0 Å². The van der Waals surface area contributed by atoms with E-state index in [2.05, 4.69) is 19.1 Å². The first-order valence-corrected chi connectivity index (χ1v) is 9.47. The smallest absolute Gasteiger partial charge is 0.314 e. The number of benzene rings is 2. The number of hydrogen-bond acceptors (Lipinski definition) is 2. The standard InChI is InChI=1S/C22H20ClN3O2/c1-4-14-9-11-15(12-10-14)26-13-18-19(21(27)25(3)22(28)24(18)2)20(26)16-7-5-6-8-17(16)23/h5-13H,4H2,1-3H3. The highest BCUT2D eigenvalue weighted by atomic mass is 35.5. The van der Waals surface area contributed by atoms with E-state index in [0.29, 0.717) is 21.6 Å². The van der Waals surface area contributed by atoms with Crippen molar-refractivity contribution >= 4 is 22.5 Å². The molecule has 0 radical (unpaired) electrons. The highest BCUT2D eigenvalue weighted by Gasteiger charge is 2.21. The van der Waals surface area contributed by atoms with Gasteiger partial charge in [0.15, 0.2) is 0 Å². The van der Waals surface area contributed by atoms with Crippen molar-refractivity contribution in [1.82, 2.24) is 13.7 Å². The van der Waals surface area contributed by atoms with Gasteiger partial charge in [-0.1, -0.05) is 48.9 Å². The molecule has 4 rings (SSSR count). The van der Waals surface area contributed by atoms with Gasteiger partial charge in [0.05, 0.1) is 16.6 Å². The molecule has 0 atom stereocenters. The monoisotopic (exact) mass is 393 g/mol. The molecule has 0 bridgehead atoms. The Morgan fingerprint density at radius 1 is 0.929 bits per heavy atom. The number of nitrogens with zero attached hydrogens (tertiary/aromatic N) is 3. The zero-order valence-corrected chi connectivity index (χ0v) is 16.7. The Kier molecular flexibility index (Phi) is 4.47. The van der Waals surface area contributed by atoms with E-state index in [-0.39, 0.29) is 11.2 Å². The molecule has 0 unspecified atom stereocenters. The van der Waals surface area contributed by atoms with Crippen LogP contribution in [0.2, 0.25) is 5.02 Å². The van der Waals surface area contributed by atoms with E-state index in [1.807, 2.05) is 41.1 Å². The lowest BCUT2D eigenvalue weighted by molar-refractivity contribution is 0.714. The van der Waals surface area contributed by atoms with E-state index in [1.165, 1.54) is 17.2 Å². The summed E-state index contributed by atoms with van der Waals surface area (Å²) in [5.41, 5.74) is 3.43. The van der Waals surface area contributed by atoms with Gasteiger partial charge in [-0.15, -0.1) is 0 Å². The van der Waals surface area contributed by atoms with Crippen LogP contribution in [0.5, 0.6) is 0 Å². The zero-order chi connectivity index (χ0) is 20.0. The van der Waals surface area contributed by atoms with E-state index in [9.17, 15) is 9.59 Å². The van der Waals surface area contributed by atoms with Gasteiger partial charge in [0.2, 0.25) is 0 Å². The van der Waals surface area contributed by atoms with Crippen molar-refractivity contribution in [2.45, 2.75) is 13.3 Å². The van der Waals surface area contributed by atoms with E-state index >= 15 is 0 Å². The number of rotatable bonds is 3. The normalized spacial score (nSPS) is 11.3. The lowest BCUT2D eigenvalue weighted by atomic mass is 10.1. The second-order valence-electron chi connectivity index (χ2n) is 6.81. The Balaban J connectivity index is 2.18. The highest BCUT2D eigenvalue weighted by Crippen LogP contribution is 2.35. The van der Waals surface area contributed by atoms with Crippen molar-refractivity contribution in [1.29, 1.82) is 0 Å². The summed E-state index contributed by atoms with van der Waals surface area (Å²) in [5, 5.41) is 1.02. The molecule has 0 aliphatic carbocycles. The molecular formula is C22H20ClN3O2. The third-order valence-corrected chi connectivity index (χ3v) is 5.52. The van der Waals surface area contributed by atoms with Crippen LogP contribution >= 0.6 is 11.6 Å². The second kappa shape index (κ2) is 6.84. The molecule has 28 heavy (non-hydrogen) atoms. The maximum Gasteiger partial charge on any atom is 0.330 e. The minimum absolute atomic E-state index is 0.336. The van der Waals surface area contributed by atoms with Crippen LogP contribution in [0.4, 0.5) is 0 Å². The quantitative estimate of drug-likeness (QED) is 0.530. The van der Waals surface area contributed by atoms with Crippen LogP contribution in [0, 0.1) is 0 Å². The molecule has 0 fully saturated rings. The fourth-order valence-electron chi connectivity index (χ4n) is 3.55. The van der Waals surface area contributed by atoms with Crippen molar-refractivity contribution in [2.75, 3.05) is 0 Å². The predicted octanol–water partition coefficient (Wildman–Crippen LogP) is 3.91. The van der Waals surface area contributed by atoms with Gasteiger partial charge >= 0.3 is 5.69 Å². The topological polar surface area (TPSA) is 48.9 Å². The maximum absolute atomic E-state index is 13.0. The van der Waals surface area contributed by atoms with Crippen LogP contribution in [0.25, 0.3) is 27.8 Å². The predicted molar refractivity (Wildman–Crippen MR) is 114 cm³/mol. The van der Waals surface area contributed by atoms with Gasteiger partial charge in [0.25, 0.3) is 5.56 Å². The number of aromatic nitrogens is 3. The van der Waals surface area contributed by atoms with Crippen LogP contribution < -0.4 is 11.2 Å². The number of fused-ring (bicyclic) bond motifs is 1. The summed E-state index contributed by atoms with van der Waals surface area (Å²) >= 11 is 6.50. The molecule has 6 heteroatoms. The third-order valence-electron chi connectivity index (χ3n) is 5.19. The summed E-state index contributed by atoms with van der Waals surface area (Å²) in [6.07, 6.45) is 2.78. The van der Waals surface area contributed by atoms with Gasteiger partial charge in [-0.25, -0.2) is 4.79 Å². The molecule has 0 aliphatic heterocycles. The summed E-state index contributed by atoms with van der Waals surface area (Å²) < 4.78 is 4.56. The van der Waals surface area contributed by atoms with Gasteiger partial charge in [-0.05, 0) is 30.2 Å². The van der Waals surface area contributed by atoms with E-state index in [4.69, 9.17) is 11.6 Å². The summed E-state index contributed by atoms with van der Waals surface area (Å²) in [6, 6.07) is 15.6. The van der Waals surface area contributed by atoms with E-state index in [1.54, 1.807) is 13.1 Å². The molecule has 2 aromatic carbocycles. The number of aryl methyl sites for hydroxylation is 2. The molecule has 4 aromatic rings. The molecule has 142 valence electrons. The Morgan fingerprint density at radius 3 is 2.25 bits per heavy atom. The lowest BCUT2D eigenvalue weighted by Gasteiger charge is -2.12. The number of hydrogen-bond donors (Lipinski definition) is 0. The van der Waals surface area contributed by atoms with E-state index in [0.717, 1.165) is 22.2 Å². The van der Waals surface area contributed by atoms with Crippen LogP contribution in [-0.2, 0) is 20.5 Å². The minimum Gasteiger partial charge on any atom is -0.314 e. The third kappa shape index (κ3) is 2.70. The van der Waals surface area contributed by atoms with E-state index < -0.39 is 0 Å². The minimum atomic E-state index is -0.360. The van der Waals surface area contributed by atoms with Crippen LogP contribution in [0.1, 0.15) is 12.5 Å². The molecule has 2 heterocycles. The Morgan fingerprint density at radius 2 is 1.61 bits per heavy atom. The molecule has 0 saturated heterocycles. The van der Waals surface area contributed by atoms with Gasteiger partial charge in [-0.3, -0.25) is 13.9 Å². The highest BCUT2D eigenvalue weighted by molar-refractivity contribution is 6.33. The Labute approximate surface area is 167 Å². The van der Waals surface area contributed by atoms with Crippen molar-refractivity contribution in [3.05, 3.63) is 86.2 Å². The first-order chi connectivity index (χ1) is 13.4. The van der Waals surface area contributed by atoms with Gasteiger partial charge in [0, 0.05) is 36.6 Å². The van der Waals surface area contributed by atoms with Crippen molar-refractivity contribution in [3.63, 3.8) is 0 Å². The molecular weight excluding hydrogens is 374 g/mol. The van der Waals surface area contributed by atoms with Gasteiger partial charge in [0.1, 0.15) is 0 Å². The summed E-state index contributed by atoms with van der Waals surface area (Å²) in [5.74, 6) is 0. The summed E-state index contributed by atoms with van der Waals surface area (Å²) in [4.78, 5) is 25.5. The van der Waals surface area contributed by atoms with Crippen LogP contribution in [0.15, 0.2) is 64.3 Å². The molecule has 0 N–H and O–H groups in total. The first kappa shape index (κ1) is 18.3. The molecule has 0 saturated carbocycles. The van der Waals surface area contributed by atoms with Crippen LogP contribution in [-0.4, -0.2) is 13.7 Å². The average molecular weight is 394 g/mol. The summed E-state index contributed by atoms with van der Waals surface area (Å²) in [7, 11) is 3.17. The zero-order valence-electron chi connectivity index (χ0n) is 15.9. The first-order valence-electron chi connectivity index (χ1n) is 9.09. The summed E-state index contributed by atoms with van der Waals surface area (Å²) in [6.45, 7) is 2.10. The molecule has 2 aromatic heterocycles. The SMILES string of the molecule is CCc1ccc(-n2cc3c(c2-c2ccccc2Cl)c(=O)n(C)c(=O)n3C)cc1. The van der Waals surface area contributed by atoms with Crippen molar-refractivity contribution in [2.24, 2.45) is 14.1 Å². The maximum atomic E-state index is 13.0. The second-order valence-corrected chi connectivity index (χ2v) is 7.22. The van der Waals surface area contributed by atoms with Gasteiger partial charge < -0.3 is 4.57 Å². The lowest BCUT2D eigenvalue weighted by Crippen LogP contribution is -2.36. The fourth-order valence-corrected chi connectivity index (χ4v) is 3.78. The Hall–Kier alpha value is -3.05. The number of halogens is 1.